The van der Waals surface area contributed by atoms with Crippen LogP contribution in [0.1, 0.15) is 18.5 Å². The summed E-state index contributed by atoms with van der Waals surface area (Å²) in [5.41, 5.74) is -1.69. The van der Waals surface area contributed by atoms with Crippen molar-refractivity contribution in [3.63, 3.8) is 0 Å². The lowest BCUT2D eigenvalue weighted by Gasteiger charge is -2.18. The van der Waals surface area contributed by atoms with Gasteiger partial charge in [-0.2, -0.15) is 31.0 Å². The highest BCUT2D eigenvalue weighted by atomic mass is 32.2. The Bertz CT molecular complexity index is 592. The zero-order valence-corrected chi connectivity index (χ0v) is 11.8. The fourth-order valence-corrected chi connectivity index (χ4v) is 2.82. The average Bonchev–Trinajstić information content (AvgIpc) is 3.00. The zero-order chi connectivity index (χ0) is 15.1. The fraction of sp³-hybridized carbons (Fsp3) is 0.700. The summed E-state index contributed by atoms with van der Waals surface area (Å²) in [4.78, 5) is 0. The van der Waals surface area contributed by atoms with Gasteiger partial charge in [0.25, 0.3) is 0 Å². The van der Waals surface area contributed by atoms with Crippen LogP contribution in [-0.2, 0) is 23.4 Å². The van der Waals surface area contributed by atoms with Crippen LogP contribution in [0.25, 0.3) is 0 Å². The van der Waals surface area contributed by atoms with Gasteiger partial charge >= 0.3 is 16.4 Å². The third-order valence-electron chi connectivity index (χ3n) is 3.07. The minimum absolute atomic E-state index is 0.299. The molecule has 0 aromatic carbocycles. The van der Waals surface area contributed by atoms with Crippen LogP contribution in [0, 0.1) is 5.92 Å². The molecule has 0 atom stereocenters. The monoisotopic (exact) mass is 312 g/mol. The molecule has 0 bridgehead atoms. The first-order valence-electron chi connectivity index (χ1n) is 5.94. The Morgan fingerprint density at radius 3 is 2.60 bits per heavy atom. The number of anilines is 1. The molecule has 1 aromatic rings. The van der Waals surface area contributed by atoms with Gasteiger partial charge in [0, 0.05) is 20.6 Å². The van der Waals surface area contributed by atoms with Gasteiger partial charge in [0.1, 0.15) is 5.69 Å². The number of aryl methyl sites for hydroxylation is 1. The summed E-state index contributed by atoms with van der Waals surface area (Å²) in [7, 11) is -1.56. The SMILES string of the molecule is CN(CC1CC1)S(=O)(=O)Nc1cnn(C)c1C(F)(F)F. The van der Waals surface area contributed by atoms with E-state index in [4.69, 9.17) is 0 Å². The van der Waals surface area contributed by atoms with Crippen molar-refractivity contribution in [2.24, 2.45) is 13.0 Å². The maximum absolute atomic E-state index is 12.8. The fourth-order valence-electron chi connectivity index (χ4n) is 1.83. The molecule has 0 aliphatic heterocycles. The van der Waals surface area contributed by atoms with E-state index in [1.165, 1.54) is 7.05 Å². The van der Waals surface area contributed by atoms with Gasteiger partial charge in [0.15, 0.2) is 5.69 Å². The number of aromatic nitrogens is 2. The van der Waals surface area contributed by atoms with Crippen LogP contribution in [0.15, 0.2) is 6.20 Å². The molecular formula is C10H15F3N4O2S. The predicted octanol–water partition coefficient (Wildman–Crippen LogP) is 1.44. The Kier molecular flexibility index (Phi) is 3.71. The topological polar surface area (TPSA) is 67.2 Å². The van der Waals surface area contributed by atoms with Gasteiger partial charge < -0.3 is 0 Å². The Balaban J connectivity index is 2.21. The summed E-state index contributed by atoms with van der Waals surface area (Å²) >= 11 is 0. The largest absolute Gasteiger partial charge is 0.435 e. The van der Waals surface area contributed by atoms with Crippen molar-refractivity contribution in [2.45, 2.75) is 19.0 Å². The molecule has 1 N–H and O–H groups in total. The zero-order valence-electron chi connectivity index (χ0n) is 11.0. The van der Waals surface area contributed by atoms with Crippen molar-refractivity contribution in [1.29, 1.82) is 0 Å². The summed E-state index contributed by atoms with van der Waals surface area (Å²) in [6.07, 6.45) is -1.94. The molecule has 1 aliphatic rings. The Morgan fingerprint density at radius 2 is 2.10 bits per heavy atom. The van der Waals surface area contributed by atoms with Gasteiger partial charge in [-0.3, -0.25) is 9.40 Å². The van der Waals surface area contributed by atoms with Crippen molar-refractivity contribution in [3.05, 3.63) is 11.9 Å². The van der Waals surface area contributed by atoms with E-state index in [0.717, 1.165) is 30.4 Å². The van der Waals surface area contributed by atoms with Gasteiger partial charge in [0.2, 0.25) is 0 Å². The summed E-state index contributed by atoms with van der Waals surface area (Å²) < 4.78 is 66.0. The third kappa shape index (κ3) is 3.23. The molecule has 0 saturated heterocycles. The first kappa shape index (κ1) is 15.1. The van der Waals surface area contributed by atoms with Crippen molar-refractivity contribution >= 4 is 15.9 Å². The van der Waals surface area contributed by atoms with Crippen molar-refractivity contribution < 1.29 is 21.6 Å². The maximum Gasteiger partial charge on any atom is 0.435 e. The molecule has 1 heterocycles. The molecule has 10 heteroatoms. The van der Waals surface area contributed by atoms with Gasteiger partial charge in [-0.1, -0.05) is 0 Å². The Morgan fingerprint density at radius 1 is 1.50 bits per heavy atom. The second-order valence-corrected chi connectivity index (χ2v) is 6.64. The first-order chi connectivity index (χ1) is 9.11. The summed E-state index contributed by atoms with van der Waals surface area (Å²) in [6, 6.07) is 0. The second-order valence-electron chi connectivity index (χ2n) is 4.86. The first-order valence-corrected chi connectivity index (χ1v) is 7.38. The summed E-state index contributed by atoms with van der Waals surface area (Å²) in [6.45, 7) is 0.303. The lowest BCUT2D eigenvalue weighted by atomic mass is 10.4. The normalized spacial score (nSPS) is 16.7. The van der Waals surface area contributed by atoms with Crippen LogP contribution in [0.2, 0.25) is 0 Å². The number of alkyl halides is 3. The molecule has 0 radical (unpaired) electrons. The minimum atomic E-state index is -4.68. The van der Waals surface area contributed by atoms with Crippen LogP contribution >= 0.6 is 0 Å². The summed E-state index contributed by atoms with van der Waals surface area (Å²) in [5, 5.41) is 3.45. The van der Waals surface area contributed by atoms with Crippen LogP contribution in [0.5, 0.6) is 0 Å². The highest BCUT2D eigenvalue weighted by Crippen LogP contribution is 2.35. The molecular weight excluding hydrogens is 297 g/mol. The van der Waals surface area contributed by atoms with E-state index in [9.17, 15) is 21.6 Å². The number of hydrogen-bond donors (Lipinski definition) is 1. The molecule has 114 valence electrons. The van der Waals surface area contributed by atoms with Crippen LogP contribution in [-0.4, -0.2) is 36.1 Å². The second kappa shape index (κ2) is 4.92. The Labute approximate surface area is 114 Å². The van der Waals surface area contributed by atoms with Crippen LogP contribution in [0.3, 0.4) is 0 Å². The van der Waals surface area contributed by atoms with E-state index >= 15 is 0 Å². The van der Waals surface area contributed by atoms with E-state index in [1.807, 2.05) is 4.72 Å². The molecule has 0 spiro atoms. The number of rotatable bonds is 5. The van der Waals surface area contributed by atoms with Crippen molar-refractivity contribution in [2.75, 3.05) is 18.3 Å². The van der Waals surface area contributed by atoms with E-state index < -0.39 is 27.8 Å². The minimum Gasteiger partial charge on any atom is -0.267 e. The molecule has 1 saturated carbocycles. The molecule has 1 fully saturated rings. The molecule has 0 unspecified atom stereocenters. The lowest BCUT2D eigenvalue weighted by molar-refractivity contribution is -0.143. The van der Waals surface area contributed by atoms with Gasteiger partial charge in [-0.15, -0.1) is 0 Å². The molecule has 1 aromatic heterocycles. The maximum atomic E-state index is 12.8. The predicted molar refractivity (Wildman–Crippen MR) is 66.1 cm³/mol. The lowest BCUT2D eigenvalue weighted by Crippen LogP contribution is -2.34. The van der Waals surface area contributed by atoms with E-state index in [0.29, 0.717) is 17.1 Å². The van der Waals surface area contributed by atoms with E-state index in [1.54, 1.807) is 0 Å². The smallest absolute Gasteiger partial charge is 0.267 e. The molecule has 6 nitrogen and oxygen atoms in total. The van der Waals surface area contributed by atoms with Gasteiger partial charge in [-0.25, -0.2) is 0 Å². The molecule has 0 amide bonds. The average molecular weight is 312 g/mol. The quantitative estimate of drug-likeness (QED) is 0.894. The van der Waals surface area contributed by atoms with Crippen molar-refractivity contribution in [3.8, 4) is 0 Å². The number of nitrogens with one attached hydrogen (secondary N) is 1. The number of hydrogen-bond acceptors (Lipinski definition) is 3. The van der Waals surface area contributed by atoms with Crippen LogP contribution in [0.4, 0.5) is 18.9 Å². The standard InChI is InChI=1S/C10H15F3N4O2S/c1-16(6-7-3-4-7)20(18,19)15-8-5-14-17(2)9(8)10(11,12)13/h5,7,15H,3-4,6H2,1-2H3. The molecule has 1 aliphatic carbocycles. The van der Waals surface area contributed by atoms with Gasteiger partial charge in [-0.05, 0) is 18.8 Å². The van der Waals surface area contributed by atoms with Gasteiger partial charge in [0.05, 0.1) is 6.20 Å². The highest BCUT2D eigenvalue weighted by molar-refractivity contribution is 7.90. The van der Waals surface area contributed by atoms with E-state index in [-0.39, 0.29) is 0 Å². The summed E-state index contributed by atoms with van der Waals surface area (Å²) in [5.74, 6) is 0.299. The number of nitrogens with zero attached hydrogens (tertiary/aromatic N) is 3. The number of halogens is 3. The van der Waals surface area contributed by atoms with Crippen molar-refractivity contribution in [1.82, 2.24) is 14.1 Å². The van der Waals surface area contributed by atoms with Crippen LogP contribution < -0.4 is 4.72 Å². The highest BCUT2D eigenvalue weighted by Gasteiger charge is 2.39. The molecule has 20 heavy (non-hydrogen) atoms. The third-order valence-corrected chi connectivity index (χ3v) is 4.52. The van der Waals surface area contributed by atoms with E-state index in [2.05, 4.69) is 5.10 Å². The molecule has 2 rings (SSSR count). The Hall–Kier alpha value is -1.29.